The van der Waals surface area contributed by atoms with Crippen molar-refractivity contribution in [1.82, 2.24) is 10.6 Å². The minimum absolute atomic E-state index is 0.00865. The molecule has 0 saturated heterocycles. The van der Waals surface area contributed by atoms with Gasteiger partial charge in [0, 0.05) is 6.54 Å². The van der Waals surface area contributed by atoms with E-state index in [0.29, 0.717) is 0 Å². The van der Waals surface area contributed by atoms with Gasteiger partial charge in [0.05, 0.1) is 12.1 Å². The first-order valence-electron chi connectivity index (χ1n) is 17.5. The maximum atomic E-state index is 4.07. The van der Waals surface area contributed by atoms with Gasteiger partial charge in [0.1, 0.15) is 0 Å². The molecule has 250 valence electrons. The van der Waals surface area contributed by atoms with Gasteiger partial charge in [0.15, 0.2) is 0 Å². The van der Waals surface area contributed by atoms with Crippen molar-refractivity contribution in [1.29, 1.82) is 0 Å². The maximum Gasteiger partial charge on any atom is 0.0703 e. The standard InChI is InChI=1S/C47H42N2P2/c1-7-21-38(22-8-1)46(48-35-36-50(41-26-11-3-12-27-41)42-28-13-4-14-29-42)47(39-23-9-2-10-24-39)49-37-40-25-19-20-34-45(40)51(43-30-15-5-16-31-43)44-32-17-6-18-33-44/h1-36,46-49H,37H2/b36-35-/t46-,47-/m0/s1. The van der Waals surface area contributed by atoms with E-state index in [9.17, 15) is 0 Å². The summed E-state index contributed by atoms with van der Waals surface area (Å²) in [7, 11) is -1.42. The van der Waals surface area contributed by atoms with Crippen LogP contribution in [0.15, 0.2) is 218 Å². The van der Waals surface area contributed by atoms with E-state index < -0.39 is 15.8 Å². The van der Waals surface area contributed by atoms with E-state index in [0.717, 1.165) is 6.54 Å². The first-order chi connectivity index (χ1) is 25.3. The molecular formula is C47H42N2P2. The molecule has 0 aliphatic carbocycles. The van der Waals surface area contributed by atoms with E-state index in [2.05, 4.69) is 229 Å². The number of rotatable bonds is 14. The molecular weight excluding hydrogens is 654 g/mol. The van der Waals surface area contributed by atoms with Crippen LogP contribution in [0, 0.1) is 0 Å². The van der Waals surface area contributed by atoms with Gasteiger partial charge in [0.25, 0.3) is 0 Å². The van der Waals surface area contributed by atoms with Gasteiger partial charge in [0.2, 0.25) is 0 Å². The van der Waals surface area contributed by atoms with Gasteiger partial charge in [-0.2, -0.15) is 0 Å². The molecule has 0 heterocycles. The summed E-state index contributed by atoms with van der Waals surface area (Å²) in [4.78, 5) is 0. The average Bonchev–Trinajstić information content (AvgIpc) is 3.21. The number of hydrogen-bond donors (Lipinski definition) is 2. The summed E-state index contributed by atoms with van der Waals surface area (Å²) in [6.07, 6.45) is 2.19. The summed E-state index contributed by atoms with van der Waals surface area (Å²) in [5.41, 5.74) is 3.79. The Balaban J connectivity index is 1.23. The third-order valence-corrected chi connectivity index (χ3v) is 13.7. The molecule has 0 aliphatic heterocycles. The summed E-state index contributed by atoms with van der Waals surface area (Å²) in [6, 6.07) is 74.3. The van der Waals surface area contributed by atoms with Crippen LogP contribution in [-0.2, 0) is 6.54 Å². The number of benzene rings is 7. The molecule has 0 saturated carbocycles. The Morgan fingerprint density at radius 1 is 0.412 bits per heavy atom. The lowest BCUT2D eigenvalue weighted by atomic mass is 9.93. The highest BCUT2D eigenvalue weighted by Gasteiger charge is 2.25. The molecule has 2 nitrogen and oxygen atoms in total. The van der Waals surface area contributed by atoms with E-state index in [1.807, 2.05) is 0 Å². The molecule has 0 unspecified atom stereocenters. The lowest BCUT2D eigenvalue weighted by molar-refractivity contribution is 0.415. The number of nitrogens with one attached hydrogen (secondary N) is 2. The van der Waals surface area contributed by atoms with Crippen molar-refractivity contribution in [3.05, 3.63) is 235 Å². The van der Waals surface area contributed by atoms with E-state index in [1.54, 1.807) is 0 Å². The van der Waals surface area contributed by atoms with Crippen LogP contribution in [0.5, 0.6) is 0 Å². The van der Waals surface area contributed by atoms with Gasteiger partial charge in [-0.25, -0.2) is 0 Å². The second kappa shape index (κ2) is 17.7. The Bertz CT molecular complexity index is 2000. The average molecular weight is 697 g/mol. The van der Waals surface area contributed by atoms with Crippen molar-refractivity contribution >= 4 is 42.4 Å². The predicted molar refractivity (Wildman–Crippen MR) is 222 cm³/mol. The zero-order valence-electron chi connectivity index (χ0n) is 28.5. The molecule has 0 bridgehead atoms. The van der Waals surface area contributed by atoms with Crippen LogP contribution in [0.2, 0.25) is 0 Å². The molecule has 0 fully saturated rings. The zero-order valence-corrected chi connectivity index (χ0v) is 30.3. The maximum absolute atomic E-state index is 4.07. The lowest BCUT2D eigenvalue weighted by Gasteiger charge is -2.31. The second-order valence-electron chi connectivity index (χ2n) is 12.3. The van der Waals surface area contributed by atoms with E-state index in [1.165, 1.54) is 43.2 Å². The molecule has 4 heteroatoms. The Morgan fingerprint density at radius 3 is 1.29 bits per heavy atom. The molecule has 51 heavy (non-hydrogen) atoms. The minimum Gasteiger partial charge on any atom is -0.382 e. The third kappa shape index (κ3) is 8.80. The zero-order chi connectivity index (χ0) is 34.5. The molecule has 7 aromatic carbocycles. The van der Waals surface area contributed by atoms with Gasteiger partial charge in [-0.15, -0.1) is 0 Å². The van der Waals surface area contributed by atoms with Crippen LogP contribution in [0.3, 0.4) is 0 Å². The van der Waals surface area contributed by atoms with Crippen molar-refractivity contribution in [3.63, 3.8) is 0 Å². The van der Waals surface area contributed by atoms with Crippen LogP contribution >= 0.6 is 15.8 Å². The van der Waals surface area contributed by atoms with Crippen molar-refractivity contribution in [3.8, 4) is 0 Å². The second-order valence-corrected chi connectivity index (χ2v) is 16.6. The summed E-state index contributed by atoms with van der Waals surface area (Å²) in [6.45, 7) is 0.726. The van der Waals surface area contributed by atoms with Crippen LogP contribution in [0.25, 0.3) is 0 Å². The number of hydrogen-bond acceptors (Lipinski definition) is 2. The molecule has 0 amide bonds. The van der Waals surface area contributed by atoms with Crippen LogP contribution in [-0.4, -0.2) is 0 Å². The lowest BCUT2D eigenvalue weighted by Crippen LogP contribution is -2.34. The SMILES string of the molecule is C(=C/P(c1ccccc1)c1ccccc1)/N[C@@H](c1ccccc1)[C@@H](NCc1ccccc1P(c1ccccc1)c1ccccc1)c1ccccc1. The first-order valence-corrected chi connectivity index (χ1v) is 20.2. The molecule has 2 atom stereocenters. The molecule has 0 aliphatic rings. The Kier molecular flexibility index (Phi) is 11.9. The Labute approximate surface area is 305 Å². The van der Waals surface area contributed by atoms with Crippen molar-refractivity contribution in [2.75, 3.05) is 0 Å². The van der Waals surface area contributed by atoms with Crippen molar-refractivity contribution in [2.24, 2.45) is 0 Å². The van der Waals surface area contributed by atoms with Gasteiger partial charge < -0.3 is 10.6 Å². The van der Waals surface area contributed by atoms with Gasteiger partial charge in [-0.3, -0.25) is 0 Å². The predicted octanol–water partition coefficient (Wildman–Crippen LogP) is 9.21. The van der Waals surface area contributed by atoms with Crippen LogP contribution < -0.4 is 37.2 Å². The quantitative estimate of drug-likeness (QED) is 0.111. The molecule has 2 N–H and O–H groups in total. The van der Waals surface area contributed by atoms with E-state index in [4.69, 9.17) is 0 Å². The summed E-state index contributed by atoms with van der Waals surface area (Å²) in [5.74, 6) is 2.36. The molecule has 0 spiro atoms. The first kappa shape index (κ1) is 34.4. The van der Waals surface area contributed by atoms with Gasteiger partial charge in [-0.1, -0.05) is 206 Å². The third-order valence-electron chi connectivity index (χ3n) is 8.99. The van der Waals surface area contributed by atoms with E-state index in [-0.39, 0.29) is 12.1 Å². The molecule has 0 aromatic heterocycles. The highest BCUT2D eigenvalue weighted by Crippen LogP contribution is 2.37. The van der Waals surface area contributed by atoms with Gasteiger partial charge in [-0.05, 0) is 71.1 Å². The Hall–Kier alpha value is -5.10. The summed E-state index contributed by atoms with van der Waals surface area (Å²) in [5, 5.41) is 14.7. The molecule has 7 aromatic rings. The van der Waals surface area contributed by atoms with Gasteiger partial charge >= 0.3 is 0 Å². The molecule has 0 radical (unpaired) electrons. The van der Waals surface area contributed by atoms with Crippen LogP contribution in [0.4, 0.5) is 0 Å². The highest BCUT2D eigenvalue weighted by atomic mass is 31.1. The van der Waals surface area contributed by atoms with Crippen LogP contribution in [0.1, 0.15) is 28.8 Å². The Morgan fingerprint density at radius 2 is 0.804 bits per heavy atom. The minimum atomic E-state index is -0.737. The fraction of sp³-hybridized carbons (Fsp3) is 0.0638. The van der Waals surface area contributed by atoms with Crippen molar-refractivity contribution in [2.45, 2.75) is 18.6 Å². The fourth-order valence-electron chi connectivity index (χ4n) is 6.53. The smallest absolute Gasteiger partial charge is 0.0703 e. The fourth-order valence-corrected chi connectivity index (χ4v) is 10.9. The monoisotopic (exact) mass is 696 g/mol. The van der Waals surface area contributed by atoms with Crippen molar-refractivity contribution < 1.29 is 0 Å². The normalized spacial score (nSPS) is 12.6. The van der Waals surface area contributed by atoms with E-state index >= 15 is 0 Å². The topological polar surface area (TPSA) is 24.1 Å². The highest BCUT2D eigenvalue weighted by molar-refractivity contribution is 7.80. The molecule has 7 rings (SSSR count). The largest absolute Gasteiger partial charge is 0.382 e. The summed E-state index contributed by atoms with van der Waals surface area (Å²) >= 11 is 0. The summed E-state index contributed by atoms with van der Waals surface area (Å²) < 4.78 is 0.